The second-order valence-corrected chi connectivity index (χ2v) is 7.55. The van der Waals surface area contributed by atoms with Crippen molar-refractivity contribution in [1.82, 2.24) is 0 Å². The number of fused-ring (bicyclic) bond motifs is 1. The fraction of sp³-hybridized carbons (Fsp3) is 0.714. The van der Waals surface area contributed by atoms with Gasteiger partial charge in [-0.25, -0.2) is 0 Å². The largest absolute Gasteiger partial charge is 0.0654 e. The molecule has 2 aliphatic carbocycles. The molecule has 0 radical (unpaired) electrons. The van der Waals surface area contributed by atoms with Gasteiger partial charge in [0.05, 0.1) is 0 Å². The van der Waals surface area contributed by atoms with E-state index >= 15 is 0 Å². The van der Waals surface area contributed by atoms with Gasteiger partial charge in [-0.05, 0) is 79.4 Å². The van der Waals surface area contributed by atoms with Gasteiger partial charge in [-0.3, -0.25) is 0 Å². The van der Waals surface area contributed by atoms with Crippen molar-refractivity contribution in [2.24, 2.45) is 11.8 Å². The van der Waals surface area contributed by atoms with E-state index in [0.717, 1.165) is 17.8 Å². The molecular weight excluding hydrogens is 252 g/mol. The van der Waals surface area contributed by atoms with Gasteiger partial charge in [0.1, 0.15) is 0 Å². The standard InChI is InChI=1S/C21H32/c1-3-5-17-7-9-18(10-8-17)20-13-12-19-14-16(4-2)6-11-21(19)15-20/h12-13,15-18H,3-11,14H2,1-2H3. The zero-order valence-electron chi connectivity index (χ0n) is 14.0. The van der Waals surface area contributed by atoms with Crippen molar-refractivity contribution >= 4 is 0 Å². The predicted octanol–water partition coefficient (Wildman–Crippen LogP) is 6.28. The molecule has 1 fully saturated rings. The Hall–Kier alpha value is -0.780. The maximum Gasteiger partial charge on any atom is -0.0162 e. The first kappa shape index (κ1) is 15.1. The van der Waals surface area contributed by atoms with Crippen LogP contribution in [-0.2, 0) is 12.8 Å². The minimum atomic E-state index is 0.854. The minimum Gasteiger partial charge on any atom is -0.0654 e. The van der Waals surface area contributed by atoms with E-state index in [9.17, 15) is 0 Å². The predicted molar refractivity (Wildman–Crippen MR) is 91.9 cm³/mol. The van der Waals surface area contributed by atoms with Crippen molar-refractivity contribution in [3.05, 3.63) is 34.9 Å². The van der Waals surface area contributed by atoms with E-state index in [4.69, 9.17) is 0 Å². The molecule has 1 aromatic carbocycles. The van der Waals surface area contributed by atoms with Crippen molar-refractivity contribution in [1.29, 1.82) is 0 Å². The molecule has 1 atom stereocenters. The second-order valence-electron chi connectivity index (χ2n) is 7.55. The summed E-state index contributed by atoms with van der Waals surface area (Å²) in [4.78, 5) is 0. The van der Waals surface area contributed by atoms with E-state index in [1.54, 1.807) is 16.7 Å². The lowest BCUT2D eigenvalue weighted by Crippen LogP contribution is -2.16. The molecule has 0 heterocycles. The number of aryl methyl sites for hydroxylation is 1. The van der Waals surface area contributed by atoms with Crippen LogP contribution in [0.1, 0.15) is 87.8 Å². The molecule has 0 aliphatic heterocycles. The van der Waals surface area contributed by atoms with Gasteiger partial charge >= 0.3 is 0 Å². The van der Waals surface area contributed by atoms with Crippen LogP contribution in [0.3, 0.4) is 0 Å². The highest BCUT2D eigenvalue weighted by atomic mass is 14.3. The van der Waals surface area contributed by atoms with Gasteiger partial charge in [0, 0.05) is 0 Å². The Kier molecular flexibility index (Phi) is 5.03. The van der Waals surface area contributed by atoms with Gasteiger partial charge in [-0.2, -0.15) is 0 Å². The second kappa shape index (κ2) is 6.99. The molecule has 0 bridgehead atoms. The van der Waals surface area contributed by atoms with Crippen LogP contribution in [0.5, 0.6) is 0 Å². The smallest absolute Gasteiger partial charge is 0.0162 e. The number of rotatable bonds is 4. The first-order valence-electron chi connectivity index (χ1n) is 9.41. The lowest BCUT2D eigenvalue weighted by molar-refractivity contribution is 0.308. The molecule has 1 unspecified atom stereocenters. The summed E-state index contributed by atoms with van der Waals surface area (Å²) in [5, 5.41) is 0. The lowest BCUT2D eigenvalue weighted by Gasteiger charge is -2.30. The van der Waals surface area contributed by atoms with E-state index in [1.807, 2.05) is 0 Å². The van der Waals surface area contributed by atoms with Crippen molar-refractivity contribution in [3.8, 4) is 0 Å². The van der Waals surface area contributed by atoms with Gasteiger partial charge in [0.25, 0.3) is 0 Å². The van der Waals surface area contributed by atoms with E-state index in [-0.39, 0.29) is 0 Å². The molecule has 0 heteroatoms. The van der Waals surface area contributed by atoms with Crippen LogP contribution in [0.15, 0.2) is 18.2 Å². The third-order valence-corrected chi connectivity index (χ3v) is 6.15. The molecule has 21 heavy (non-hydrogen) atoms. The summed E-state index contributed by atoms with van der Waals surface area (Å²) >= 11 is 0. The van der Waals surface area contributed by atoms with Crippen molar-refractivity contribution < 1.29 is 0 Å². The quantitative estimate of drug-likeness (QED) is 0.610. The van der Waals surface area contributed by atoms with Crippen molar-refractivity contribution in [2.45, 2.75) is 84.0 Å². The fourth-order valence-corrected chi connectivity index (χ4v) is 4.65. The molecule has 0 aromatic heterocycles. The maximum atomic E-state index is 2.58. The van der Waals surface area contributed by atoms with Crippen LogP contribution in [0.2, 0.25) is 0 Å². The van der Waals surface area contributed by atoms with E-state index in [0.29, 0.717) is 0 Å². The molecule has 0 spiro atoms. The molecule has 0 N–H and O–H groups in total. The molecular formula is C21H32. The lowest BCUT2D eigenvalue weighted by atomic mass is 9.75. The Bertz CT molecular complexity index is 451. The molecule has 0 amide bonds. The average molecular weight is 284 g/mol. The summed E-state index contributed by atoms with van der Waals surface area (Å²) in [6.07, 6.45) is 14.0. The topological polar surface area (TPSA) is 0 Å². The molecule has 0 nitrogen and oxygen atoms in total. The van der Waals surface area contributed by atoms with Gasteiger partial charge < -0.3 is 0 Å². The Labute approximate surface area is 131 Å². The van der Waals surface area contributed by atoms with Crippen LogP contribution in [0.4, 0.5) is 0 Å². The zero-order chi connectivity index (χ0) is 14.7. The highest BCUT2D eigenvalue weighted by Crippen LogP contribution is 2.39. The van der Waals surface area contributed by atoms with E-state index < -0.39 is 0 Å². The van der Waals surface area contributed by atoms with E-state index in [1.165, 1.54) is 64.2 Å². The number of hydrogen-bond acceptors (Lipinski definition) is 0. The number of benzene rings is 1. The summed E-state index contributed by atoms with van der Waals surface area (Å²) < 4.78 is 0. The molecule has 3 rings (SSSR count). The van der Waals surface area contributed by atoms with Crippen LogP contribution >= 0.6 is 0 Å². The minimum absolute atomic E-state index is 0.854. The fourth-order valence-electron chi connectivity index (χ4n) is 4.65. The summed E-state index contributed by atoms with van der Waals surface area (Å²) in [5.41, 5.74) is 4.98. The first-order chi connectivity index (χ1) is 10.3. The van der Waals surface area contributed by atoms with Gasteiger partial charge in [0.2, 0.25) is 0 Å². The van der Waals surface area contributed by atoms with Crippen molar-refractivity contribution in [2.75, 3.05) is 0 Å². The molecule has 116 valence electrons. The summed E-state index contributed by atoms with van der Waals surface area (Å²) in [5.74, 6) is 2.81. The highest BCUT2D eigenvalue weighted by Gasteiger charge is 2.23. The Morgan fingerprint density at radius 1 is 0.905 bits per heavy atom. The Morgan fingerprint density at radius 3 is 2.43 bits per heavy atom. The van der Waals surface area contributed by atoms with Crippen LogP contribution in [0.25, 0.3) is 0 Å². The normalized spacial score (nSPS) is 29.1. The third-order valence-electron chi connectivity index (χ3n) is 6.15. The Morgan fingerprint density at radius 2 is 1.71 bits per heavy atom. The Balaban J connectivity index is 1.65. The number of hydrogen-bond donors (Lipinski definition) is 0. The summed E-state index contributed by atoms with van der Waals surface area (Å²) in [6, 6.07) is 7.50. The maximum absolute atomic E-state index is 2.58. The van der Waals surface area contributed by atoms with Gasteiger partial charge in [0.15, 0.2) is 0 Å². The third kappa shape index (κ3) is 3.52. The average Bonchev–Trinajstić information content (AvgIpc) is 2.55. The molecule has 1 saturated carbocycles. The van der Waals surface area contributed by atoms with Gasteiger partial charge in [-0.1, -0.05) is 51.3 Å². The zero-order valence-corrected chi connectivity index (χ0v) is 14.0. The van der Waals surface area contributed by atoms with Gasteiger partial charge in [-0.15, -0.1) is 0 Å². The van der Waals surface area contributed by atoms with Crippen molar-refractivity contribution in [3.63, 3.8) is 0 Å². The monoisotopic (exact) mass is 284 g/mol. The molecule has 1 aromatic rings. The highest BCUT2D eigenvalue weighted by molar-refractivity contribution is 5.36. The molecule has 0 saturated heterocycles. The summed E-state index contributed by atoms with van der Waals surface area (Å²) in [6.45, 7) is 4.68. The van der Waals surface area contributed by atoms with Crippen LogP contribution in [0, 0.1) is 11.8 Å². The summed E-state index contributed by atoms with van der Waals surface area (Å²) in [7, 11) is 0. The van der Waals surface area contributed by atoms with E-state index in [2.05, 4.69) is 32.0 Å². The SMILES string of the molecule is CCCC1CCC(c2ccc3c(c2)CCC(CC)C3)CC1. The molecule has 2 aliphatic rings. The van der Waals surface area contributed by atoms with Crippen LogP contribution < -0.4 is 0 Å². The van der Waals surface area contributed by atoms with Crippen LogP contribution in [-0.4, -0.2) is 0 Å². The first-order valence-corrected chi connectivity index (χ1v) is 9.41.